The fraction of sp³-hybridized carbons (Fsp3) is 0.122. The molecule has 0 atom stereocenters. The van der Waals surface area contributed by atoms with Crippen LogP contribution in [0, 0.1) is 0 Å². The first-order chi connectivity index (χ1) is 21.7. The van der Waals surface area contributed by atoms with Gasteiger partial charge in [0, 0.05) is 27.8 Å². The SMILES string of the molecule is C/C1=C(/c2ccccc2)N=C(c2ccccc2)N=C(C2=Cc3oc4cc(-c5ccc6ccccc6c5)ccc4c3CC2)CC1. The quantitative estimate of drug-likeness (QED) is 0.208. The maximum atomic E-state index is 6.55. The number of furan rings is 1. The molecule has 2 aliphatic rings. The van der Waals surface area contributed by atoms with Crippen molar-refractivity contribution in [3.05, 3.63) is 155 Å². The molecule has 0 fully saturated rings. The van der Waals surface area contributed by atoms with Crippen molar-refractivity contribution in [1.29, 1.82) is 0 Å². The van der Waals surface area contributed by atoms with Gasteiger partial charge in [-0.2, -0.15) is 0 Å². The van der Waals surface area contributed by atoms with Crippen LogP contribution in [0.1, 0.15) is 48.6 Å². The molecule has 6 aromatic rings. The van der Waals surface area contributed by atoms with E-state index in [9.17, 15) is 0 Å². The molecule has 0 amide bonds. The van der Waals surface area contributed by atoms with Crippen LogP contribution in [-0.2, 0) is 6.42 Å². The Hall–Kier alpha value is -5.28. The minimum atomic E-state index is 0.759. The van der Waals surface area contributed by atoms with Crippen molar-refractivity contribution in [2.45, 2.75) is 32.6 Å². The molecule has 0 spiro atoms. The molecule has 0 N–H and O–H groups in total. The molecule has 2 heterocycles. The van der Waals surface area contributed by atoms with Crippen molar-refractivity contribution in [2.24, 2.45) is 9.98 Å². The van der Waals surface area contributed by atoms with Gasteiger partial charge >= 0.3 is 0 Å². The number of hydrogen-bond donors (Lipinski definition) is 0. The molecule has 44 heavy (non-hydrogen) atoms. The van der Waals surface area contributed by atoms with Gasteiger partial charge in [-0.15, -0.1) is 0 Å². The third-order valence-corrected chi connectivity index (χ3v) is 8.91. The van der Waals surface area contributed by atoms with Crippen LogP contribution in [0.3, 0.4) is 0 Å². The van der Waals surface area contributed by atoms with E-state index in [-0.39, 0.29) is 0 Å². The van der Waals surface area contributed by atoms with Gasteiger partial charge in [-0.3, -0.25) is 0 Å². The second kappa shape index (κ2) is 11.1. The molecule has 0 bridgehead atoms. The van der Waals surface area contributed by atoms with Crippen molar-refractivity contribution < 1.29 is 4.42 Å². The summed E-state index contributed by atoms with van der Waals surface area (Å²) in [5.41, 5.74) is 11.4. The van der Waals surface area contributed by atoms with Crippen LogP contribution in [0.15, 0.2) is 147 Å². The Morgan fingerprint density at radius 3 is 2.09 bits per heavy atom. The summed E-state index contributed by atoms with van der Waals surface area (Å²) in [7, 11) is 0. The van der Waals surface area contributed by atoms with Crippen molar-refractivity contribution in [3.63, 3.8) is 0 Å². The Kier molecular flexibility index (Phi) is 6.64. The maximum absolute atomic E-state index is 6.55. The fourth-order valence-electron chi connectivity index (χ4n) is 6.50. The molecule has 3 heteroatoms. The molecule has 1 aliphatic carbocycles. The summed E-state index contributed by atoms with van der Waals surface area (Å²) in [6.07, 6.45) is 5.87. The van der Waals surface area contributed by atoms with Crippen LogP contribution in [0.4, 0.5) is 0 Å². The number of amidine groups is 1. The van der Waals surface area contributed by atoms with Crippen LogP contribution in [0.5, 0.6) is 0 Å². The largest absolute Gasteiger partial charge is 0.456 e. The topological polar surface area (TPSA) is 37.9 Å². The number of benzene rings is 5. The zero-order chi connectivity index (χ0) is 29.5. The minimum absolute atomic E-state index is 0.759. The molecule has 0 saturated carbocycles. The highest BCUT2D eigenvalue weighted by Crippen LogP contribution is 2.37. The van der Waals surface area contributed by atoms with Crippen molar-refractivity contribution in [1.82, 2.24) is 0 Å². The van der Waals surface area contributed by atoms with Crippen molar-refractivity contribution in [2.75, 3.05) is 0 Å². The first kappa shape index (κ1) is 26.4. The molecule has 1 aliphatic heterocycles. The lowest BCUT2D eigenvalue weighted by atomic mass is 9.89. The molecule has 0 radical (unpaired) electrons. The molecule has 0 unspecified atom stereocenters. The summed E-state index contributed by atoms with van der Waals surface area (Å²) >= 11 is 0. The summed E-state index contributed by atoms with van der Waals surface area (Å²) in [5.74, 6) is 1.71. The summed E-state index contributed by atoms with van der Waals surface area (Å²) in [6.45, 7) is 2.21. The summed E-state index contributed by atoms with van der Waals surface area (Å²) < 4.78 is 6.55. The molecule has 1 aromatic heterocycles. The van der Waals surface area contributed by atoms with E-state index in [2.05, 4.69) is 122 Å². The number of fused-ring (bicyclic) bond motifs is 4. The number of hydrogen-bond acceptors (Lipinski definition) is 3. The van der Waals surface area contributed by atoms with Crippen LogP contribution in [-0.4, -0.2) is 11.5 Å². The predicted molar refractivity (Wildman–Crippen MR) is 184 cm³/mol. The Bertz CT molecular complexity index is 2160. The summed E-state index contributed by atoms with van der Waals surface area (Å²) in [4.78, 5) is 10.5. The zero-order valence-corrected chi connectivity index (χ0v) is 24.8. The Balaban J connectivity index is 1.18. The molecular weight excluding hydrogens is 536 g/mol. The van der Waals surface area contributed by atoms with Gasteiger partial charge in [0.15, 0.2) is 5.84 Å². The molecule has 3 nitrogen and oxygen atoms in total. The average molecular weight is 569 g/mol. The third kappa shape index (κ3) is 4.91. The van der Waals surface area contributed by atoms with E-state index in [1.165, 1.54) is 44.0 Å². The first-order valence-electron chi connectivity index (χ1n) is 15.4. The monoisotopic (exact) mass is 568 g/mol. The summed E-state index contributed by atoms with van der Waals surface area (Å²) in [6, 6.07) is 42.6. The molecular formula is C41H32N2O. The van der Waals surface area contributed by atoms with Crippen LogP contribution in [0.2, 0.25) is 0 Å². The number of nitrogens with zero attached hydrogens (tertiary/aromatic N) is 2. The van der Waals surface area contributed by atoms with E-state index in [1.54, 1.807) is 0 Å². The average Bonchev–Trinajstić information content (AvgIpc) is 3.44. The predicted octanol–water partition coefficient (Wildman–Crippen LogP) is 10.7. The van der Waals surface area contributed by atoms with Crippen molar-refractivity contribution in [3.8, 4) is 11.1 Å². The number of allylic oxidation sites excluding steroid dienone is 2. The van der Waals surface area contributed by atoms with E-state index in [0.717, 1.165) is 65.4 Å². The highest BCUT2D eigenvalue weighted by Gasteiger charge is 2.23. The molecule has 212 valence electrons. The number of aliphatic imine (C=N–C) groups is 2. The van der Waals surface area contributed by atoms with Crippen molar-refractivity contribution >= 4 is 45.1 Å². The van der Waals surface area contributed by atoms with Crippen LogP contribution in [0.25, 0.3) is 44.6 Å². The lowest BCUT2D eigenvalue weighted by Gasteiger charge is -2.19. The first-order valence-corrected chi connectivity index (χ1v) is 15.4. The van der Waals surface area contributed by atoms with Crippen LogP contribution >= 0.6 is 0 Å². The minimum Gasteiger partial charge on any atom is -0.456 e. The van der Waals surface area contributed by atoms with E-state index < -0.39 is 0 Å². The number of rotatable bonds is 4. The zero-order valence-electron chi connectivity index (χ0n) is 24.8. The van der Waals surface area contributed by atoms with Crippen LogP contribution < -0.4 is 0 Å². The van der Waals surface area contributed by atoms with Gasteiger partial charge in [0.2, 0.25) is 0 Å². The van der Waals surface area contributed by atoms with Gasteiger partial charge in [-0.1, -0.05) is 109 Å². The Labute approximate surface area is 257 Å². The summed E-state index contributed by atoms with van der Waals surface area (Å²) in [5, 5.41) is 3.70. The highest BCUT2D eigenvalue weighted by atomic mass is 16.3. The van der Waals surface area contributed by atoms with Gasteiger partial charge in [0.1, 0.15) is 11.3 Å². The van der Waals surface area contributed by atoms with Gasteiger partial charge in [0.25, 0.3) is 0 Å². The van der Waals surface area contributed by atoms with Gasteiger partial charge < -0.3 is 4.42 Å². The lowest BCUT2D eigenvalue weighted by Crippen LogP contribution is -2.13. The lowest BCUT2D eigenvalue weighted by molar-refractivity contribution is 0.594. The molecule has 8 rings (SSSR count). The van der Waals surface area contributed by atoms with E-state index in [4.69, 9.17) is 14.4 Å². The van der Waals surface area contributed by atoms with Gasteiger partial charge in [0.05, 0.1) is 5.70 Å². The van der Waals surface area contributed by atoms with E-state index >= 15 is 0 Å². The maximum Gasteiger partial charge on any atom is 0.160 e. The Morgan fingerprint density at radius 1 is 0.568 bits per heavy atom. The van der Waals surface area contributed by atoms with Gasteiger partial charge in [-0.05, 0) is 83.9 Å². The van der Waals surface area contributed by atoms with Gasteiger partial charge in [-0.25, -0.2) is 9.98 Å². The van der Waals surface area contributed by atoms with E-state index in [1.807, 2.05) is 12.1 Å². The molecule has 5 aromatic carbocycles. The molecule has 0 saturated heterocycles. The second-order valence-corrected chi connectivity index (χ2v) is 11.7. The fourth-order valence-corrected chi connectivity index (χ4v) is 6.50. The standard InChI is InChI=1S/C41H32N2O/c1-27-16-23-37(42-41(30-13-6-3-7-14-30)43-40(27)29-11-4-2-5-12-29)34-20-22-36-35-21-19-33(25-38(35)44-39(36)26-34)32-18-17-28-10-8-9-15-31(28)24-32/h2-15,17-19,21,24-26H,16,20,22-23H2,1H3/b40-27+,42-37?,43-41?. The smallest absolute Gasteiger partial charge is 0.160 e. The Morgan fingerprint density at radius 2 is 1.27 bits per heavy atom. The normalized spacial score (nSPS) is 17.0. The number of aryl methyl sites for hydroxylation is 1. The highest BCUT2D eigenvalue weighted by molar-refractivity contribution is 6.15. The second-order valence-electron chi connectivity index (χ2n) is 11.7. The van der Waals surface area contributed by atoms with E-state index in [0.29, 0.717) is 0 Å². The third-order valence-electron chi connectivity index (χ3n) is 8.91.